The summed E-state index contributed by atoms with van der Waals surface area (Å²) in [5.41, 5.74) is 1.42. The summed E-state index contributed by atoms with van der Waals surface area (Å²) >= 11 is 3.39. The van der Waals surface area contributed by atoms with Gasteiger partial charge in [-0.1, -0.05) is 34.1 Å². The smallest absolute Gasteiger partial charge is 0.412 e. The molecule has 94 valence electrons. The molecule has 3 nitrogen and oxygen atoms in total. The molecule has 0 radical (unpaired) electrons. The van der Waals surface area contributed by atoms with Crippen molar-refractivity contribution in [2.75, 3.05) is 10.6 Å². The molecule has 0 aliphatic heterocycles. The van der Waals surface area contributed by atoms with Gasteiger partial charge in [-0.15, -0.1) is 0 Å². The Morgan fingerprint density at radius 2 is 2.00 bits per heavy atom. The van der Waals surface area contributed by atoms with Gasteiger partial charge in [0.25, 0.3) is 0 Å². The normalized spacial score (nSPS) is 11.1. The Bertz CT molecular complexity index is 385. The molecule has 0 spiro atoms. The highest BCUT2D eigenvalue weighted by atomic mass is 79.9. The Labute approximate surface area is 111 Å². The SMILES string of the molecule is CC(C)(C)OC(=O)Nc1ccccc1CCBr. The Morgan fingerprint density at radius 3 is 2.59 bits per heavy atom. The molecule has 0 aliphatic rings. The van der Waals surface area contributed by atoms with Gasteiger partial charge >= 0.3 is 6.09 Å². The maximum absolute atomic E-state index is 11.6. The van der Waals surface area contributed by atoms with E-state index >= 15 is 0 Å². The molecule has 1 aromatic carbocycles. The zero-order valence-electron chi connectivity index (χ0n) is 10.4. The van der Waals surface area contributed by atoms with E-state index in [1.807, 2.05) is 45.0 Å². The van der Waals surface area contributed by atoms with Crippen molar-refractivity contribution in [3.05, 3.63) is 29.8 Å². The minimum Gasteiger partial charge on any atom is -0.444 e. The van der Waals surface area contributed by atoms with E-state index in [9.17, 15) is 4.79 Å². The predicted octanol–water partition coefficient (Wildman–Crippen LogP) is 3.97. The molecular weight excluding hydrogens is 282 g/mol. The molecule has 0 saturated heterocycles. The number of nitrogens with one attached hydrogen (secondary N) is 1. The van der Waals surface area contributed by atoms with Crippen LogP contribution in [-0.4, -0.2) is 17.0 Å². The molecule has 0 atom stereocenters. The number of carbonyl (C=O) groups excluding carboxylic acids is 1. The van der Waals surface area contributed by atoms with E-state index in [0.717, 1.165) is 23.0 Å². The van der Waals surface area contributed by atoms with Crippen molar-refractivity contribution in [2.24, 2.45) is 0 Å². The molecule has 0 aromatic heterocycles. The van der Waals surface area contributed by atoms with Gasteiger partial charge in [0.05, 0.1) is 0 Å². The fourth-order valence-electron chi connectivity index (χ4n) is 1.38. The number of benzene rings is 1. The van der Waals surface area contributed by atoms with E-state index in [-0.39, 0.29) is 0 Å². The first kappa shape index (κ1) is 14.0. The van der Waals surface area contributed by atoms with Gasteiger partial charge in [-0.25, -0.2) is 4.79 Å². The summed E-state index contributed by atoms with van der Waals surface area (Å²) in [6.45, 7) is 5.53. The van der Waals surface area contributed by atoms with Crippen molar-refractivity contribution in [3.8, 4) is 0 Å². The lowest BCUT2D eigenvalue weighted by Gasteiger charge is -2.20. The van der Waals surface area contributed by atoms with Gasteiger partial charge in [0, 0.05) is 11.0 Å². The lowest BCUT2D eigenvalue weighted by molar-refractivity contribution is 0.0636. The molecule has 0 heterocycles. The lowest BCUT2D eigenvalue weighted by atomic mass is 10.1. The average molecular weight is 300 g/mol. The van der Waals surface area contributed by atoms with Gasteiger partial charge in [0.2, 0.25) is 0 Å². The van der Waals surface area contributed by atoms with E-state index in [1.54, 1.807) is 0 Å². The highest BCUT2D eigenvalue weighted by Gasteiger charge is 2.16. The summed E-state index contributed by atoms with van der Waals surface area (Å²) in [6.07, 6.45) is 0.450. The lowest BCUT2D eigenvalue weighted by Crippen LogP contribution is -2.27. The number of para-hydroxylation sites is 1. The third-order valence-electron chi connectivity index (χ3n) is 2.02. The van der Waals surface area contributed by atoms with Crippen LogP contribution in [-0.2, 0) is 11.2 Å². The van der Waals surface area contributed by atoms with Crippen LogP contribution in [0, 0.1) is 0 Å². The third kappa shape index (κ3) is 5.22. The first-order chi connectivity index (χ1) is 7.92. The van der Waals surface area contributed by atoms with Crippen LogP contribution in [0.5, 0.6) is 0 Å². The van der Waals surface area contributed by atoms with Gasteiger partial charge in [-0.2, -0.15) is 0 Å². The highest BCUT2D eigenvalue weighted by Crippen LogP contribution is 2.17. The second-order valence-corrected chi connectivity index (χ2v) is 5.52. The molecule has 1 aromatic rings. The summed E-state index contributed by atoms with van der Waals surface area (Å²) in [4.78, 5) is 11.6. The zero-order valence-corrected chi connectivity index (χ0v) is 12.0. The van der Waals surface area contributed by atoms with Gasteiger partial charge in [-0.05, 0) is 38.8 Å². The van der Waals surface area contributed by atoms with E-state index < -0.39 is 11.7 Å². The predicted molar refractivity (Wildman–Crippen MR) is 73.8 cm³/mol. The number of ether oxygens (including phenoxy) is 1. The van der Waals surface area contributed by atoms with Crippen molar-refractivity contribution in [1.29, 1.82) is 0 Å². The maximum atomic E-state index is 11.6. The monoisotopic (exact) mass is 299 g/mol. The summed E-state index contributed by atoms with van der Waals surface area (Å²) in [5.74, 6) is 0. The molecule has 1 N–H and O–H groups in total. The van der Waals surface area contributed by atoms with Crippen molar-refractivity contribution in [2.45, 2.75) is 32.8 Å². The third-order valence-corrected chi connectivity index (χ3v) is 2.41. The van der Waals surface area contributed by atoms with Gasteiger partial charge < -0.3 is 4.74 Å². The van der Waals surface area contributed by atoms with E-state index in [2.05, 4.69) is 21.2 Å². The molecule has 0 aliphatic carbocycles. The number of rotatable bonds is 3. The van der Waals surface area contributed by atoms with Gasteiger partial charge in [0.15, 0.2) is 0 Å². The second kappa shape index (κ2) is 6.05. The van der Waals surface area contributed by atoms with E-state index in [4.69, 9.17) is 4.74 Å². The fraction of sp³-hybridized carbons (Fsp3) is 0.462. The summed E-state index contributed by atoms with van der Waals surface area (Å²) < 4.78 is 5.21. The van der Waals surface area contributed by atoms with Gasteiger partial charge in [-0.3, -0.25) is 5.32 Å². The number of amides is 1. The van der Waals surface area contributed by atoms with Crippen LogP contribution >= 0.6 is 15.9 Å². The first-order valence-corrected chi connectivity index (χ1v) is 6.68. The van der Waals surface area contributed by atoms with Crippen LogP contribution < -0.4 is 5.32 Å². The van der Waals surface area contributed by atoms with E-state index in [1.165, 1.54) is 0 Å². The molecule has 4 heteroatoms. The molecular formula is C13H18BrNO2. The van der Waals surface area contributed by atoms with Crippen molar-refractivity contribution in [3.63, 3.8) is 0 Å². The number of halogens is 1. The quantitative estimate of drug-likeness (QED) is 0.858. The standard InChI is InChI=1S/C13H18BrNO2/c1-13(2,3)17-12(16)15-11-7-5-4-6-10(11)8-9-14/h4-7H,8-9H2,1-3H3,(H,15,16). The number of hydrogen-bond donors (Lipinski definition) is 1. The van der Waals surface area contributed by atoms with E-state index in [0.29, 0.717) is 0 Å². The van der Waals surface area contributed by atoms with Gasteiger partial charge in [0.1, 0.15) is 5.60 Å². The Hall–Kier alpha value is -1.03. The van der Waals surface area contributed by atoms with Crippen molar-refractivity contribution < 1.29 is 9.53 Å². The summed E-state index contributed by atoms with van der Waals surface area (Å²) in [7, 11) is 0. The molecule has 0 saturated carbocycles. The Morgan fingerprint density at radius 1 is 1.35 bits per heavy atom. The van der Waals surface area contributed by atoms with Crippen LogP contribution in [0.3, 0.4) is 0 Å². The molecule has 0 unspecified atom stereocenters. The summed E-state index contributed by atoms with van der Waals surface area (Å²) in [6, 6.07) is 7.72. The van der Waals surface area contributed by atoms with Crippen molar-refractivity contribution in [1.82, 2.24) is 0 Å². The van der Waals surface area contributed by atoms with Crippen LogP contribution in [0.25, 0.3) is 0 Å². The van der Waals surface area contributed by atoms with Crippen LogP contribution in [0.2, 0.25) is 0 Å². The second-order valence-electron chi connectivity index (χ2n) is 4.72. The van der Waals surface area contributed by atoms with Crippen LogP contribution in [0.1, 0.15) is 26.3 Å². The number of anilines is 1. The number of hydrogen-bond acceptors (Lipinski definition) is 2. The Balaban J connectivity index is 2.71. The largest absolute Gasteiger partial charge is 0.444 e. The minimum atomic E-state index is -0.478. The average Bonchev–Trinajstić information content (AvgIpc) is 2.18. The fourth-order valence-corrected chi connectivity index (χ4v) is 1.80. The number of aryl methyl sites for hydroxylation is 1. The van der Waals surface area contributed by atoms with Crippen LogP contribution in [0.4, 0.5) is 10.5 Å². The zero-order chi connectivity index (χ0) is 12.9. The number of carbonyl (C=O) groups is 1. The number of alkyl halides is 1. The molecule has 1 rings (SSSR count). The van der Waals surface area contributed by atoms with Crippen molar-refractivity contribution >= 4 is 27.7 Å². The molecule has 1 amide bonds. The van der Waals surface area contributed by atoms with Crippen LogP contribution in [0.15, 0.2) is 24.3 Å². The molecule has 0 bridgehead atoms. The molecule has 0 fully saturated rings. The molecule has 17 heavy (non-hydrogen) atoms. The topological polar surface area (TPSA) is 38.3 Å². The summed E-state index contributed by atoms with van der Waals surface area (Å²) in [5, 5.41) is 3.63. The Kier molecular flexibility index (Phi) is 5.00. The minimum absolute atomic E-state index is 0.417. The highest BCUT2D eigenvalue weighted by molar-refractivity contribution is 9.09. The first-order valence-electron chi connectivity index (χ1n) is 5.56. The maximum Gasteiger partial charge on any atom is 0.412 e.